The molecule has 1 aliphatic carbocycles. The third-order valence-electron chi connectivity index (χ3n) is 5.93. The molecule has 33 heavy (non-hydrogen) atoms. The number of alkyl halides is 2. The smallest absolute Gasteiger partial charge is 0.333 e. The monoisotopic (exact) mass is 477 g/mol. The Morgan fingerprint density at radius 1 is 1.27 bits per heavy atom. The zero-order valence-electron chi connectivity index (χ0n) is 18.6. The summed E-state index contributed by atoms with van der Waals surface area (Å²) in [6.45, 7) is 2.85. The topological polar surface area (TPSA) is 74.0 Å². The molecule has 3 aromatic rings. The Labute approximate surface area is 195 Å². The van der Waals surface area contributed by atoms with Crippen molar-refractivity contribution in [2.45, 2.75) is 58.7 Å². The summed E-state index contributed by atoms with van der Waals surface area (Å²) < 4.78 is 33.6. The molecule has 2 aromatic heterocycles. The van der Waals surface area contributed by atoms with Gasteiger partial charge < -0.3 is 10.1 Å². The molecule has 2 heterocycles. The van der Waals surface area contributed by atoms with Gasteiger partial charge in [0.15, 0.2) is 0 Å². The Hall–Kier alpha value is -2.94. The average molecular weight is 478 g/mol. The van der Waals surface area contributed by atoms with Crippen LogP contribution in [0.2, 0.25) is 5.02 Å². The second-order valence-corrected chi connectivity index (χ2v) is 9.03. The normalized spacial score (nSPS) is 18.8. The summed E-state index contributed by atoms with van der Waals surface area (Å²) >= 11 is 5.95. The average Bonchev–Trinajstić information content (AvgIpc) is 3.30. The van der Waals surface area contributed by atoms with Crippen LogP contribution in [-0.4, -0.2) is 37.6 Å². The van der Waals surface area contributed by atoms with E-state index in [2.05, 4.69) is 15.5 Å². The molecule has 176 valence electrons. The summed E-state index contributed by atoms with van der Waals surface area (Å²) in [6.07, 6.45) is 5.21. The van der Waals surface area contributed by atoms with Gasteiger partial charge in [0.05, 0.1) is 23.1 Å². The fourth-order valence-corrected chi connectivity index (χ4v) is 4.27. The molecule has 7 nitrogen and oxygen atoms in total. The van der Waals surface area contributed by atoms with Crippen LogP contribution in [-0.2, 0) is 0 Å². The highest BCUT2D eigenvalue weighted by molar-refractivity contribution is 6.30. The Balaban J connectivity index is 1.27. The molecule has 10 heteroatoms. The van der Waals surface area contributed by atoms with Gasteiger partial charge in [0, 0.05) is 22.8 Å². The van der Waals surface area contributed by atoms with Crippen molar-refractivity contribution in [3.05, 3.63) is 58.5 Å². The molecule has 1 fully saturated rings. The number of carbonyl (C=O) groups is 1. The molecule has 0 saturated heterocycles. The van der Waals surface area contributed by atoms with Crippen LogP contribution in [0.5, 0.6) is 5.88 Å². The first-order valence-corrected chi connectivity index (χ1v) is 11.2. The molecule has 1 aliphatic rings. The van der Waals surface area contributed by atoms with E-state index in [4.69, 9.17) is 16.3 Å². The van der Waals surface area contributed by atoms with Gasteiger partial charge in [0.2, 0.25) is 5.88 Å². The summed E-state index contributed by atoms with van der Waals surface area (Å²) in [5, 5.41) is 11.8. The van der Waals surface area contributed by atoms with Crippen molar-refractivity contribution in [2.75, 3.05) is 0 Å². The molecule has 1 atom stereocenters. The van der Waals surface area contributed by atoms with Crippen LogP contribution in [0.15, 0.2) is 36.7 Å². The van der Waals surface area contributed by atoms with Gasteiger partial charge in [-0.1, -0.05) is 11.6 Å². The molecule has 4 rings (SSSR count). The highest BCUT2D eigenvalue weighted by Crippen LogP contribution is 2.35. The molecule has 0 spiro atoms. The van der Waals surface area contributed by atoms with Gasteiger partial charge in [-0.3, -0.25) is 4.79 Å². The van der Waals surface area contributed by atoms with E-state index in [9.17, 15) is 13.6 Å². The first kappa shape index (κ1) is 23.2. The number of carbonyl (C=O) groups excluding carboxylic acids is 1. The molecule has 1 saturated carbocycles. The van der Waals surface area contributed by atoms with E-state index in [-0.39, 0.29) is 23.9 Å². The number of rotatable bonds is 8. The second kappa shape index (κ2) is 9.51. The van der Waals surface area contributed by atoms with Crippen LogP contribution in [0.25, 0.3) is 5.69 Å². The van der Waals surface area contributed by atoms with Gasteiger partial charge in [0.25, 0.3) is 5.91 Å². The molecule has 1 N–H and O–H groups in total. The lowest BCUT2D eigenvalue weighted by Gasteiger charge is -2.36. The minimum atomic E-state index is -2.68. The number of benzene rings is 1. The SMILES string of the molecule is Cc1cn(C(F)F)nc1OC1CC(C[C@H](C)NC(=O)c2cnn(-c3ccc(Cl)cc3)c2C)C1. The Kier molecular flexibility index (Phi) is 6.69. The molecule has 0 bridgehead atoms. The van der Waals surface area contributed by atoms with Crippen LogP contribution < -0.4 is 10.1 Å². The maximum atomic E-state index is 12.8. The highest BCUT2D eigenvalue weighted by atomic mass is 35.5. The Morgan fingerprint density at radius 3 is 2.61 bits per heavy atom. The number of hydrogen-bond acceptors (Lipinski definition) is 4. The lowest BCUT2D eigenvalue weighted by molar-refractivity contribution is 0.0387. The zero-order valence-corrected chi connectivity index (χ0v) is 19.4. The third-order valence-corrected chi connectivity index (χ3v) is 6.18. The maximum Gasteiger partial charge on any atom is 0.333 e. The van der Waals surface area contributed by atoms with Crippen molar-refractivity contribution < 1.29 is 18.3 Å². The second-order valence-electron chi connectivity index (χ2n) is 8.59. The maximum absolute atomic E-state index is 12.8. The van der Waals surface area contributed by atoms with Crippen molar-refractivity contribution in [3.63, 3.8) is 0 Å². The molecular weight excluding hydrogens is 452 g/mol. The van der Waals surface area contributed by atoms with Crippen molar-refractivity contribution in [1.29, 1.82) is 0 Å². The molecule has 0 unspecified atom stereocenters. The molecule has 0 radical (unpaired) electrons. The van der Waals surface area contributed by atoms with Crippen LogP contribution in [0.1, 0.15) is 54.4 Å². The molecule has 0 aliphatic heterocycles. The summed E-state index contributed by atoms with van der Waals surface area (Å²) in [4.78, 5) is 12.8. The molecular formula is C23H26ClF2N5O2. The van der Waals surface area contributed by atoms with E-state index >= 15 is 0 Å². The van der Waals surface area contributed by atoms with Crippen LogP contribution >= 0.6 is 11.6 Å². The minimum Gasteiger partial charge on any atom is -0.473 e. The standard InChI is InChI=1S/C23H26ClF2N5O2/c1-13-12-30(23(25)26)29-22(13)33-19-9-16(10-19)8-14(2)28-21(32)20-11-27-31(15(20)3)18-6-4-17(24)5-7-18/h4-7,11-12,14,16,19,23H,8-10H2,1-3H3,(H,28,32)/t14-,16?,19?/m0/s1. The summed E-state index contributed by atoms with van der Waals surface area (Å²) in [5.74, 6) is 0.481. The summed E-state index contributed by atoms with van der Waals surface area (Å²) in [6, 6.07) is 7.23. The van der Waals surface area contributed by atoms with Crippen molar-refractivity contribution in [2.24, 2.45) is 5.92 Å². The molecule has 1 amide bonds. The van der Waals surface area contributed by atoms with Gasteiger partial charge >= 0.3 is 6.55 Å². The number of ether oxygens (including phenoxy) is 1. The first-order valence-electron chi connectivity index (χ1n) is 10.8. The van der Waals surface area contributed by atoms with E-state index in [0.29, 0.717) is 26.7 Å². The predicted octanol–water partition coefficient (Wildman–Crippen LogP) is 5.10. The highest BCUT2D eigenvalue weighted by Gasteiger charge is 2.33. The van der Waals surface area contributed by atoms with Crippen LogP contribution in [0.3, 0.4) is 0 Å². The first-order chi connectivity index (χ1) is 15.7. The number of amides is 1. The van der Waals surface area contributed by atoms with E-state index in [0.717, 1.165) is 30.6 Å². The number of aromatic nitrogens is 4. The van der Waals surface area contributed by atoms with Crippen molar-refractivity contribution >= 4 is 17.5 Å². The van der Waals surface area contributed by atoms with E-state index in [1.54, 1.807) is 29.9 Å². The predicted molar refractivity (Wildman–Crippen MR) is 120 cm³/mol. The number of halogens is 3. The van der Waals surface area contributed by atoms with Gasteiger partial charge in [-0.2, -0.15) is 13.9 Å². The van der Waals surface area contributed by atoms with Gasteiger partial charge in [-0.15, -0.1) is 5.10 Å². The lowest BCUT2D eigenvalue weighted by Crippen LogP contribution is -2.40. The quantitative estimate of drug-likeness (QED) is 0.490. The number of hydrogen-bond donors (Lipinski definition) is 1. The third kappa shape index (κ3) is 5.19. The Morgan fingerprint density at radius 2 is 1.97 bits per heavy atom. The Bertz CT molecular complexity index is 1120. The van der Waals surface area contributed by atoms with Crippen LogP contribution in [0, 0.1) is 19.8 Å². The molecule has 1 aromatic carbocycles. The van der Waals surface area contributed by atoms with Gasteiger partial charge in [-0.05, 0) is 70.2 Å². The summed E-state index contributed by atoms with van der Waals surface area (Å²) in [5.41, 5.74) is 2.70. The number of nitrogens with zero attached hydrogens (tertiary/aromatic N) is 4. The van der Waals surface area contributed by atoms with E-state index < -0.39 is 6.55 Å². The summed E-state index contributed by atoms with van der Waals surface area (Å²) in [7, 11) is 0. The lowest BCUT2D eigenvalue weighted by atomic mass is 9.78. The number of aryl methyl sites for hydroxylation is 1. The van der Waals surface area contributed by atoms with Crippen molar-refractivity contribution in [1.82, 2.24) is 24.9 Å². The van der Waals surface area contributed by atoms with Gasteiger partial charge in [-0.25, -0.2) is 9.36 Å². The fraction of sp³-hybridized carbons (Fsp3) is 0.435. The largest absolute Gasteiger partial charge is 0.473 e. The van der Waals surface area contributed by atoms with Crippen LogP contribution in [0.4, 0.5) is 8.78 Å². The number of nitrogens with one attached hydrogen (secondary N) is 1. The van der Waals surface area contributed by atoms with Gasteiger partial charge in [0.1, 0.15) is 6.10 Å². The van der Waals surface area contributed by atoms with E-state index in [1.807, 2.05) is 26.0 Å². The zero-order chi connectivity index (χ0) is 23.7. The van der Waals surface area contributed by atoms with E-state index in [1.165, 1.54) is 6.20 Å². The minimum absolute atomic E-state index is 0.0264. The fourth-order valence-electron chi connectivity index (χ4n) is 4.14. The van der Waals surface area contributed by atoms with Crippen molar-refractivity contribution in [3.8, 4) is 11.6 Å².